The Morgan fingerprint density at radius 1 is 1.13 bits per heavy atom. The van der Waals surface area contributed by atoms with Crippen molar-refractivity contribution in [1.82, 2.24) is 9.78 Å². The number of ether oxygens (including phenoxy) is 3. The zero-order chi connectivity index (χ0) is 21.9. The number of halogens is 2. The fourth-order valence-corrected chi connectivity index (χ4v) is 3.59. The van der Waals surface area contributed by atoms with E-state index in [1.807, 2.05) is 0 Å². The van der Waals surface area contributed by atoms with Gasteiger partial charge in [0.05, 0.1) is 18.7 Å². The number of methoxy groups -OCH3 is 1. The Kier molecular flexibility index (Phi) is 6.52. The van der Waals surface area contributed by atoms with Crippen LogP contribution < -0.4 is 4.74 Å². The first kappa shape index (κ1) is 21.9. The number of carbonyl (C=O) groups excluding carboxylic acids is 1. The molecule has 1 heterocycles. The molecule has 0 aliphatic heterocycles. The van der Waals surface area contributed by atoms with Crippen molar-refractivity contribution >= 4 is 24.9 Å². The highest BCUT2D eigenvalue weighted by Gasteiger charge is 2.19. The summed E-state index contributed by atoms with van der Waals surface area (Å²) >= 11 is 0. The van der Waals surface area contributed by atoms with E-state index in [4.69, 9.17) is 14.2 Å². The molecule has 0 fully saturated rings. The molecule has 0 atom stereocenters. The standard InChI is InChI=1S/C21H24F2N2O4Si/c1-27-21(26)15-6-5-14(22)11-19(15)29-18-8-7-17(23)20-16(18)12-24-25(20)13-28-9-10-30(2,3)4/h5-8,11-12H,9-10,13H2,1-4H3. The topological polar surface area (TPSA) is 62.6 Å². The molecule has 0 saturated heterocycles. The molecule has 1 aromatic heterocycles. The maximum Gasteiger partial charge on any atom is 0.341 e. The molecule has 0 spiro atoms. The third-order valence-electron chi connectivity index (χ3n) is 4.49. The van der Waals surface area contributed by atoms with Crippen molar-refractivity contribution in [3.05, 3.63) is 53.7 Å². The van der Waals surface area contributed by atoms with E-state index in [9.17, 15) is 13.6 Å². The van der Waals surface area contributed by atoms with E-state index < -0.39 is 25.7 Å². The number of carbonyl (C=O) groups is 1. The number of hydrogen-bond acceptors (Lipinski definition) is 5. The van der Waals surface area contributed by atoms with Gasteiger partial charge >= 0.3 is 5.97 Å². The third-order valence-corrected chi connectivity index (χ3v) is 6.20. The zero-order valence-corrected chi connectivity index (χ0v) is 18.4. The predicted octanol–water partition coefficient (Wildman–Crippen LogP) is 5.21. The van der Waals surface area contributed by atoms with Crippen molar-refractivity contribution < 1.29 is 27.8 Å². The Hall–Kier alpha value is -2.78. The first-order valence-corrected chi connectivity index (χ1v) is 13.2. The molecule has 3 aromatic rings. The van der Waals surface area contributed by atoms with Gasteiger partial charge in [0.25, 0.3) is 0 Å². The molecule has 0 amide bonds. The Morgan fingerprint density at radius 3 is 2.60 bits per heavy atom. The van der Waals surface area contributed by atoms with Crippen molar-refractivity contribution in [3.63, 3.8) is 0 Å². The van der Waals surface area contributed by atoms with Crippen LogP contribution in [-0.2, 0) is 16.2 Å². The second kappa shape index (κ2) is 8.93. The quantitative estimate of drug-likeness (QED) is 0.277. The second-order valence-corrected chi connectivity index (χ2v) is 13.7. The van der Waals surface area contributed by atoms with Gasteiger partial charge in [-0.3, -0.25) is 0 Å². The minimum Gasteiger partial charge on any atom is -0.465 e. The molecule has 0 unspecified atom stereocenters. The van der Waals surface area contributed by atoms with Crippen molar-refractivity contribution in [2.24, 2.45) is 0 Å². The maximum absolute atomic E-state index is 14.5. The highest BCUT2D eigenvalue weighted by Crippen LogP contribution is 2.33. The van der Waals surface area contributed by atoms with Crippen LogP contribution in [0.2, 0.25) is 25.7 Å². The number of fused-ring (bicyclic) bond motifs is 1. The fraction of sp³-hybridized carbons (Fsp3) is 0.333. The van der Waals surface area contributed by atoms with Gasteiger partial charge in [-0.1, -0.05) is 19.6 Å². The van der Waals surface area contributed by atoms with Gasteiger partial charge in [0.2, 0.25) is 0 Å². The summed E-state index contributed by atoms with van der Waals surface area (Å²) in [5.41, 5.74) is 0.259. The summed E-state index contributed by atoms with van der Waals surface area (Å²) in [6, 6.07) is 7.10. The van der Waals surface area contributed by atoms with Crippen molar-refractivity contribution in [2.75, 3.05) is 13.7 Å². The monoisotopic (exact) mass is 434 g/mol. The molecule has 0 aliphatic rings. The zero-order valence-electron chi connectivity index (χ0n) is 17.4. The van der Waals surface area contributed by atoms with Gasteiger partial charge < -0.3 is 14.2 Å². The fourth-order valence-electron chi connectivity index (χ4n) is 2.83. The van der Waals surface area contributed by atoms with Crippen LogP contribution in [0.15, 0.2) is 36.5 Å². The Labute approximate surface area is 174 Å². The Morgan fingerprint density at radius 2 is 1.90 bits per heavy atom. The van der Waals surface area contributed by atoms with E-state index in [0.29, 0.717) is 12.0 Å². The van der Waals surface area contributed by atoms with Crippen LogP contribution in [-0.4, -0.2) is 37.5 Å². The molecule has 2 aromatic carbocycles. The molecule has 9 heteroatoms. The summed E-state index contributed by atoms with van der Waals surface area (Å²) in [6.07, 6.45) is 1.45. The van der Waals surface area contributed by atoms with Crippen LogP contribution in [0.1, 0.15) is 10.4 Å². The number of hydrogen-bond donors (Lipinski definition) is 0. The number of rotatable bonds is 8. The minimum atomic E-state index is -1.24. The van der Waals surface area contributed by atoms with Gasteiger partial charge in [-0.25, -0.2) is 18.3 Å². The molecule has 0 aliphatic carbocycles. The molecule has 0 saturated carbocycles. The smallest absolute Gasteiger partial charge is 0.341 e. The van der Waals surface area contributed by atoms with Crippen molar-refractivity contribution in [1.29, 1.82) is 0 Å². The average molecular weight is 435 g/mol. The van der Waals surface area contributed by atoms with E-state index in [0.717, 1.165) is 18.2 Å². The summed E-state index contributed by atoms with van der Waals surface area (Å²) in [7, 11) is -0.0159. The van der Waals surface area contributed by atoms with Gasteiger partial charge in [-0.05, 0) is 30.3 Å². The summed E-state index contributed by atoms with van der Waals surface area (Å²) in [5.74, 6) is -1.54. The lowest BCUT2D eigenvalue weighted by Crippen LogP contribution is -2.22. The summed E-state index contributed by atoms with van der Waals surface area (Å²) < 4.78 is 45.8. The van der Waals surface area contributed by atoms with E-state index in [-0.39, 0.29) is 29.3 Å². The molecule has 30 heavy (non-hydrogen) atoms. The first-order chi connectivity index (χ1) is 14.2. The largest absolute Gasteiger partial charge is 0.465 e. The van der Waals surface area contributed by atoms with Crippen molar-refractivity contribution in [2.45, 2.75) is 32.4 Å². The average Bonchev–Trinajstić information content (AvgIpc) is 3.11. The van der Waals surface area contributed by atoms with Gasteiger partial charge in [0.1, 0.15) is 40.9 Å². The molecule has 0 radical (unpaired) electrons. The molecule has 6 nitrogen and oxygen atoms in total. The van der Waals surface area contributed by atoms with E-state index in [1.54, 1.807) is 0 Å². The van der Waals surface area contributed by atoms with Gasteiger partial charge in [0.15, 0.2) is 0 Å². The van der Waals surface area contributed by atoms with Gasteiger partial charge in [0, 0.05) is 20.7 Å². The predicted molar refractivity (Wildman–Crippen MR) is 112 cm³/mol. The number of esters is 1. The Bertz CT molecular complexity index is 1060. The van der Waals surface area contributed by atoms with E-state index in [2.05, 4.69) is 24.7 Å². The lowest BCUT2D eigenvalue weighted by molar-refractivity contribution is 0.0598. The lowest BCUT2D eigenvalue weighted by atomic mass is 10.2. The van der Waals surface area contributed by atoms with Crippen LogP contribution in [0, 0.1) is 11.6 Å². The summed E-state index contributed by atoms with van der Waals surface area (Å²) in [5, 5.41) is 4.58. The van der Waals surface area contributed by atoms with Crippen molar-refractivity contribution in [3.8, 4) is 11.5 Å². The number of aromatic nitrogens is 2. The molecule has 3 rings (SSSR count). The van der Waals surface area contributed by atoms with E-state index >= 15 is 0 Å². The van der Waals surface area contributed by atoms with Crippen LogP contribution in [0.3, 0.4) is 0 Å². The van der Waals surface area contributed by atoms with Crippen LogP contribution in [0.25, 0.3) is 10.9 Å². The highest BCUT2D eigenvalue weighted by molar-refractivity contribution is 6.76. The van der Waals surface area contributed by atoms with Gasteiger partial charge in [-0.2, -0.15) is 5.10 Å². The lowest BCUT2D eigenvalue weighted by Gasteiger charge is -2.15. The number of nitrogens with zero attached hydrogens (tertiary/aromatic N) is 2. The van der Waals surface area contributed by atoms with Crippen LogP contribution in [0.5, 0.6) is 11.5 Å². The number of benzene rings is 2. The van der Waals surface area contributed by atoms with E-state index in [1.165, 1.54) is 36.2 Å². The molecule has 0 N–H and O–H groups in total. The molecule has 0 bridgehead atoms. The van der Waals surface area contributed by atoms with Crippen LogP contribution >= 0.6 is 0 Å². The molecular formula is C21H24F2N2O4Si. The second-order valence-electron chi connectivity index (χ2n) is 8.03. The molecular weight excluding hydrogens is 410 g/mol. The van der Waals surface area contributed by atoms with Gasteiger partial charge in [-0.15, -0.1) is 0 Å². The Balaban J connectivity index is 1.89. The minimum absolute atomic E-state index is 0.0334. The SMILES string of the molecule is COC(=O)c1ccc(F)cc1Oc1ccc(F)c2c1cnn2COCC[Si](C)(C)C. The first-order valence-electron chi connectivity index (χ1n) is 9.47. The summed E-state index contributed by atoms with van der Waals surface area (Å²) in [6.45, 7) is 7.41. The normalized spacial score (nSPS) is 11.7. The summed E-state index contributed by atoms with van der Waals surface area (Å²) in [4.78, 5) is 12.0. The maximum atomic E-state index is 14.5. The van der Waals surface area contributed by atoms with Crippen LogP contribution in [0.4, 0.5) is 8.78 Å². The molecule has 160 valence electrons. The highest BCUT2D eigenvalue weighted by atomic mass is 28.3. The third kappa shape index (κ3) is 5.03.